The average molecular weight is 339 g/mol. The first-order valence-corrected chi connectivity index (χ1v) is 9.21. The van der Waals surface area contributed by atoms with Gasteiger partial charge in [0.25, 0.3) is 10.2 Å². The van der Waals surface area contributed by atoms with Crippen molar-refractivity contribution in [3.8, 4) is 0 Å². The number of amides is 1. The highest BCUT2D eigenvalue weighted by Crippen LogP contribution is 2.12. The minimum atomic E-state index is -3.41. The van der Waals surface area contributed by atoms with Crippen LogP contribution in [0, 0.1) is 6.92 Å². The lowest BCUT2D eigenvalue weighted by molar-refractivity contribution is -0.130. The van der Waals surface area contributed by atoms with Crippen LogP contribution in [0.5, 0.6) is 0 Å². The summed E-state index contributed by atoms with van der Waals surface area (Å²) < 4.78 is 27.1. The summed E-state index contributed by atoms with van der Waals surface area (Å²) in [4.78, 5) is 14.2. The number of aryl methyl sites for hydroxylation is 1. The Morgan fingerprint density at radius 3 is 2.57 bits per heavy atom. The van der Waals surface area contributed by atoms with E-state index in [2.05, 4.69) is 0 Å². The summed E-state index contributed by atoms with van der Waals surface area (Å²) in [5.74, 6) is 0.0553. The van der Waals surface area contributed by atoms with Crippen molar-refractivity contribution in [2.24, 2.45) is 0 Å². The Kier molecular flexibility index (Phi) is 5.78. The Morgan fingerprint density at radius 1 is 1.17 bits per heavy atom. The van der Waals surface area contributed by atoms with Crippen LogP contribution in [0.1, 0.15) is 17.5 Å². The number of rotatable bonds is 4. The molecule has 0 unspecified atom stereocenters. The third-order valence-electron chi connectivity index (χ3n) is 4.03. The Hall–Kier alpha value is -1.44. The van der Waals surface area contributed by atoms with E-state index in [1.807, 2.05) is 31.2 Å². The molecule has 0 radical (unpaired) electrons. The molecule has 1 amide bonds. The first-order valence-electron chi connectivity index (χ1n) is 7.81. The quantitative estimate of drug-likeness (QED) is 0.818. The van der Waals surface area contributed by atoms with Gasteiger partial charge < -0.3 is 4.90 Å². The third-order valence-corrected chi connectivity index (χ3v) is 5.97. The van der Waals surface area contributed by atoms with Gasteiger partial charge in [0.05, 0.1) is 6.42 Å². The van der Waals surface area contributed by atoms with Crippen LogP contribution in [-0.4, -0.2) is 68.1 Å². The van der Waals surface area contributed by atoms with E-state index in [-0.39, 0.29) is 5.91 Å². The van der Waals surface area contributed by atoms with Crippen molar-refractivity contribution >= 4 is 16.1 Å². The van der Waals surface area contributed by atoms with Gasteiger partial charge in [-0.3, -0.25) is 4.79 Å². The minimum Gasteiger partial charge on any atom is -0.341 e. The van der Waals surface area contributed by atoms with Crippen molar-refractivity contribution in [2.45, 2.75) is 19.8 Å². The molecule has 23 heavy (non-hydrogen) atoms. The number of benzene rings is 1. The molecule has 0 aliphatic carbocycles. The standard InChI is InChI=1S/C16H25N3O3S/c1-14-6-4-7-15(12-14)13-16(20)18-8-5-9-19(11-10-18)23(21,22)17(2)3/h4,6-7,12H,5,8-11,13H2,1-3H3. The molecule has 0 atom stereocenters. The van der Waals surface area contributed by atoms with E-state index in [1.165, 1.54) is 22.7 Å². The number of hydrogen-bond donors (Lipinski definition) is 0. The Bertz CT molecular complexity index is 658. The molecule has 128 valence electrons. The number of nitrogens with zero attached hydrogens (tertiary/aromatic N) is 3. The minimum absolute atomic E-state index is 0.0553. The van der Waals surface area contributed by atoms with Crippen LogP contribution in [-0.2, 0) is 21.4 Å². The zero-order valence-electron chi connectivity index (χ0n) is 14.0. The molecule has 0 N–H and O–H groups in total. The average Bonchev–Trinajstić information content (AvgIpc) is 2.73. The molecule has 1 aliphatic heterocycles. The summed E-state index contributed by atoms with van der Waals surface area (Å²) in [7, 11) is -0.351. The lowest BCUT2D eigenvalue weighted by Gasteiger charge is -2.24. The van der Waals surface area contributed by atoms with Gasteiger partial charge in [0.1, 0.15) is 0 Å². The Balaban J connectivity index is 1.99. The summed E-state index contributed by atoms with van der Waals surface area (Å²) in [6.45, 7) is 3.85. The normalized spacial score (nSPS) is 17.3. The molecule has 1 aromatic rings. The maximum Gasteiger partial charge on any atom is 0.281 e. The van der Waals surface area contributed by atoms with E-state index in [1.54, 1.807) is 4.90 Å². The van der Waals surface area contributed by atoms with Crippen molar-refractivity contribution in [2.75, 3.05) is 40.3 Å². The van der Waals surface area contributed by atoms with Gasteiger partial charge in [-0.15, -0.1) is 0 Å². The lowest BCUT2D eigenvalue weighted by Crippen LogP contribution is -2.42. The van der Waals surface area contributed by atoms with Crippen LogP contribution in [0.2, 0.25) is 0 Å². The summed E-state index contributed by atoms with van der Waals surface area (Å²) in [6.07, 6.45) is 1.02. The van der Waals surface area contributed by atoms with Gasteiger partial charge in [-0.05, 0) is 18.9 Å². The van der Waals surface area contributed by atoms with Gasteiger partial charge in [-0.1, -0.05) is 29.8 Å². The first-order chi connectivity index (χ1) is 10.8. The van der Waals surface area contributed by atoms with Crippen LogP contribution in [0.25, 0.3) is 0 Å². The summed E-state index contributed by atoms with van der Waals surface area (Å²) in [5, 5.41) is 0. The lowest BCUT2D eigenvalue weighted by atomic mass is 10.1. The Morgan fingerprint density at radius 2 is 1.91 bits per heavy atom. The molecule has 1 aliphatic rings. The van der Waals surface area contributed by atoms with E-state index in [0.29, 0.717) is 39.0 Å². The Labute approximate surface area is 138 Å². The molecule has 0 bridgehead atoms. The molecule has 6 nitrogen and oxygen atoms in total. The highest BCUT2D eigenvalue weighted by atomic mass is 32.2. The SMILES string of the molecule is Cc1cccc(CC(=O)N2CCCN(S(=O)(=O)N(C)C)CC2)c1. The fourth-order valence-electron chi connectivity index (χ4n) is 2.71. The van der Waals surface area contributed by atoms with Crippen molar-refractivity contribution in [1.29, 1.82) is 0 Å². The number of carbonyl (C=O) groups is 1. The van der Waals surface area contributed by atoms with Gasteiger partial charge in [-0.25, -0.2) is 0 Å². The molecule has 7 heteroatoms. The maximum absolute atomic E-state index is 12.5. The van der Waals surface area contributed by atoms with Crippen molar-refractivity contribution in [3.05, 3.63) is 35.4 Å². The highest BCUT2D eigenvalue weighted by Gasteiger charge is 2.28. The molecule has 2 rings (SSSR count). The topological polar surface area (TPSA) is 60.9 Å². The summed E-state index contributed by atoms with van der Waals surface area (Å²) in [6, 6.07) is 7.92. The number of hydrogen-bond acceptors (Lipinski definition) is 3. The van der Waals surface area contributed by atoms with Crippen LogP contribution in [0.4, 0.5) is 0 Å². The van der Waals surface area contributed by atoms with E-state index in [4.69, 9.17) is 0 Å². The van der Waals surface area contributed by atoms with E-state index in [9.17, 15) is 13.2 Å². The molecule has 1 heterocycles. The zero-order valence-corrected chi connectivity index (χ0v) is 14.8. The predicted octanol–water partition coefficient (Wildman–Crippen LogP) is 0.878. The maximum atomic E-state index is 12.5. The van der Waals surface area contributed by atoms with Crippen LogP contribution in [0.3, 0.4) is 0 Å². The fraction of sp³-hybridized carbons (Fsp3) is 0.562. The fourth-order valence-corrected chi connectivity index (χ4v) is 3.85. The molecular formula is C16H25N3O3S. The summed E-state index contributed by atoms with van der Waals surface area (Å²) >= 11 is 0. The highest BCUT2D eigenvalue weighted by molar-refractivity contribution is 7.86. The first kappa shape index (κ1) is 17.9. The molecule has 1 fully saturated rings. The van der Waals surface area contributed by atoms with Gasteiger partial charge in [0.15, 0.2) is 0 Å². The van der Waals surface area contributed by atoms with Crippen LogP contribution >= 0.6 is 0 Å². The van der Waals surface area contributed by atoms with Crippen LogP contribution in [0.15, 0.2) is 24.3 Å². The van der Waals surface area contributed by atoms with E-state index < -0.39 is 10.2 Å². The van der Waals surface area contributed by atoms with Gasteiger partial charge in [-0.2, -0.15) is 17.0 Å². The largest absolute Gasteiger partial charge is 0.341 e. The second-order valence-corrected chi connectivity index (χ2v) is 8.23. The van der Waals surface area contributed by atoms with Gasteiger partial charge in [0.2, 0.25) is 5.91 Å². The second-order valence-electron chi connectivity index (χ2n) is 6.09. The van der Waals surface area contributed by atoms with Crippen molar-refractivity contribution in [1.82, 2.24) is 13.5 Å². The smallest absolute Gasteiger partial charge is 0.281 e. The predicted molar refractivity (Wildman–Crippen MR) is 90.3 cm³/mol. The second kappa shape index (κ2) is 7.42. The van der Waals surface area contributed by atoms with E-state index >= 15 is 0 Å². The van der Waals surface area contributed by atoms with Crippen LogP contribution < -0.4 is 0 Å². The molecule has 0 saturated carbocycles. The third kappa shape index (κ3) is 4.53. The van der Waals surface area contributed by atoms with E-state index in [0.717, 1.165) is 11.1 Å². The summed E-state index contributed by atoms with van der Waals surface area (Å²) in [5.41, 5.74) is 2.13. The monoisotopic (exact) mass is 339 g/mol. The molecule has 1 saturated heterocycles. The number of carbonyl (C=O) groups excluding carboxylic acids is 1. The van der Waals surface area contributed by atoms with Gasteiger partial charge >= 0.3 is 0 Å². The zero-order chi connectivity index (χ0) is 17.0. The van der Waals surface area contributed by atoms with Crippen molar-refractivity contribution < 1.29 is 13.2 Å². The molecular weight excluding hydrogens is 314 g/mol. The molecule has 1 aromatic carbocycles. The van der Waals surface area contributed by atoms with Crippen molar-refractivity contribution in [3.63, 3.8) is 0 Å². The van der Waals surface area contributed by atoms with Gasteiger partial charge in [0, 0.05) is 40.3 Å². The molecule has 0 aromatic heterocycles. The molecule has 0 spiro atoms.